The first-order valence-electron chi connectivity index (χ1n) is 9.60. The molecule has 8 nitrogen and oxygen atoms in total. The summed E-state index contributed by atoms with van der Waals surface area (Å²) in [6.45, 7) is 6.75. The number of hydrogen-bond donors (Lipinski definition) is 2. The average molecular weight is 392 g/mol. The van der Waals surface area contributed by atoms with E-state index in [9.17, 15) is 4.79 Å². The van der Waals surface area contributed by atoms with Crippen molar-refractivity contribution in [3.8, 4) is 6.01 Å². The second kappa shape index (κ2) is 8.00. The number of nitrogens with one attached hydrogen (secondary N) is 2. The Morgan fingerprint density at radius 2 is 2.17 bits per heavy atom. The third kappa shape index (κ3) is 3.97. The van der Waals surface area contributed by atoms with E-state index in [0.29, 0.717) is 22.8 Å². The molecule has 1 amide bonds. The highest BCUT2D eigenvalue weighted by Gasteiger charge is 2.21. The van der Waals surface area contributed by atoms with Gasteiger partial charge in [-0.3, -0.25) is 9.78 Å². The van der Waals surface area contributed by atoms with Crippen molar-refractivity contribution < 1.29 is 9.53 Å². The number of amides is 1. The number of ether oxygens (including phenoxy) is 1. The second-order valence-corrected chi connectivity index (χ2v) is 7.26. The number of hydrogen-bond acceptors (Lipinski definition) is 7. The smallest absolute Gasteiger partial charge is 0.316 e. The van der Waals surface area contributed by atoms with Crippen molar-refractivity contribution in [3.63, 3.8) is 0 Å². The predicted molar refractivity (Wildman–Crippen MR) is 113 cm³/mol. The van der Waals surface area contributed by atoms with Crippen LogP contribution in [0.4, 0.5) is 11.4 Å². The summed E-state index contributed by atoms with van der Waals surface area (Å²) in [6.07, 6.45) is 5.10. The lowest BCUT2D eigenvalue weighted by Crippen LogP contribution is -2.49. The Balaban J connectivity index is 1.76. The number of benzene rings is 1. The highest BCUT2D eigenvalue weighted by Crippen LogP contribution is 2.30. The highest BCUT2D eigenvalue weighted by atomic mass is 16.5. The van der Waals surface area contributed by atoms with Crippen LogP contribution in [0.25, 0.3) is 10.9 Å². The molecule has 1 aliphatic rings. The molecule has 150 valence electrons. The molecular formula is C21H24N6O2. The van der Waals surface area contributed by atoms with Crippen molar-refractivity contribution in [2.45, 2.75) is 19.9 Å². The van der Waals surface area contributed by atoms with Crippen LogP contribution in [0.1, 0.15) is 22.8 Å². The number of aryl methyl sites for hydroxylation is 1. The van der Waals surface area contributed by atoms with Crippen LogP contribution < -0.4 is 20.3 Å². The zero-order valence-corrected chi connectivity index (χ0v) is 16.8. The van der Waals surface area contributed by atoms with Gasteiger partial charge in [0.05, 0.1) is 30.1 Å². The third-order valence-corrected chi connectivity index (χ3v) is 4.98. The summed E-state index contributed by atoms with van der Waals surface area (Å²) in [5, 5.41) is 7.18. The molecule has 1 atom stereocenters. The quantitative estimate of drug-likeness (QED) is 0.704. The molecule has 1 fully saturated rings. The summed E-state index contributed by atoms with van der Waals surface area (Å²) in [6, 6.07) is 6.28. The molecular weight excluding hydrogens is 368 g/mol. The van der Waals surface area contributed by atoms with Crippen LogP contribution in [-0.2, 0) is 0 Å². The highest BCUT2D eigenvalue weighted by molar-refractivity contribution is 6.13. The lowest BCUT2D eigenvalue weighted by Gasteiger charge is -2.34. The first-order valence-corrected chi connectivity index (χ1v) is 9.60. The molecule has 1 aliphatic heterocycles. The predicted octanol–water partition coefficient (Wildman–Crippen LogP) is 2.39. The number of carbonyl (C=O) groups excluding carboxylic acids is 1. The summed E-state index contributed by atoms with van der Waals surface area (Å²) in [5.74, 6) is -0.247. The molecule has 2 N–H and O–H groups in total. The standard InChI is InChI=1S/C21H24N6O2/c1-13-8-15(10-22-9-13)25-20(28)16-4-5-18(27-7-6-23-14(2)12-27)17-11-24-21(29-3)26-19(16)17/h4-5,8-11,14,23H,6-7,12H2,1-3H3,(H,25,28). The largest absolute Gasteiger partial charge is 0.467 e. The molecule has 1 aromatic carbocycles. The van der Waals surface area contributed by atoms with Crippen LogP contribution in [-0.4, -0.2) is 53.6 Å². The Morgan fingerprint density at radius 1 is 1.31 bits per heavy atom. The number of fused-ring (bicyclic) bond motifs is 1. The fourth-order valence-corrected chi connectivity index (χ4v) is 3.62. The van der Waals surface area contributed by atoms with Gasteiger partial charge in [-0.25, -0.2) is 4.98 Å². The first kappa shape index (κ1) is 19.1. The van der Waals surface area contributed by atoms with Crippen molar-refractivity contribution in [1.82, 2.24) is 20.3 Å². The van der Waals surface area contributed by atoms with E-state index < -0.39 is 0 Å². The van der Waals surface area contributed by atoms with Crippen LogP contribution in [0.15, 0.2) is 36.8 Å². The Bertz CT molecular complexity index is 1050. The van der Waals surface area contributed by atoms with E-state index in [1.165, 1.54) is 7.11 Å². The summed E-state index contributed by atoms with van der Waals surface area (Å²) in [4.78, 5) is 28.2. The van der Waals surface area contributed by atoms with Gasteiger partial charge in [0.2, 0.25) is 0 Å². The molecule has 1 unspecified atom stereocenters. The molecule has 2 aromatic heterocycles. The van der Waals surface area contributed by atoms with E-state index in [1.807, 2.05) is 25.1 Å². The van der Waals surface area contributed by atoms with Crippen molar-refractivity contribution in [1.29, 1.82) is 0 Å². The van der Waals surface area contributed by atoms with Crippen molar-refractivity contribution in [2.75, 3.05) is 37.0 Å². The van der Waals surface area contributed by atoms with E-state index in [2.05, 4.69) is 37.4 Å². The third-order valence-electron chi connectivity index (χ3n) is 4.98. The maximum atomic E-state index is 13.0. The van der Waals surface area contributed by atoms with Gasteiger partial charge in [0.1, 0.15) is 0 Å². The maximum absolute atomic E-state index is 13.0. The molecule has 0 spiro atoms. The fourth-order valence-electron chi connectivity index (χ4n) is 3.62. The van der Waals surface area contributed by atoms with Crippen LogP contribution in [0.5, 0.6) is 6.01 Å². The number of rotatable bonds is 4. The molecule has 4 rings (SSSR count). The summed E-state index contributed by atoms with van der Waals surface area (Å²) in [7, 11) is 1.52. The van der Waals surface area contributed by atoms with Crippen molar-refractivity contribution in [2.24, 2.45) is 0 Å². The Morgan fingerprint density at radius 3 is 2.93 bits per heavy atom. The number of aromatic nitrogens is 3. The number of pyridine rings is 1. The van der Waals surface area contributed by atoms with Gasteiger partial charge in [0.25, 0.3) is 5.91 Å². The molecule has 3 heterocycles. The lowest BCUT2D eigenvalue weighted by atomic mass is 10.1. The number of carbonyl (C=O) groups is 1. The van der Waals surface area contributed by atoms with Gasteiger partial charge in [-0.05, 0) is 37.6 Å². The van der Waals surface area contributed by atoms with Crippen molar-refractivity contribution in [3.05, 3.63) is 47.9 Å². The normalized spacial score (nSPS) is 16.7. The van der Waals surface area contributed by atoms with E-state index in [-0.39, 0.29) is 11.9 Å². The van der Waals surface area contributed by atoms with E-state index in [4.69, 9.17) is 4.74 Å². The molecule has 1 saturated heterocycles. The minimum absolute atomic E-state index is 0.231. The van der Waals surface area contributed by atoms with E-state index >= 15 is 0 Å². The Kier molecular flexibility index (Phi) is 5.26. The molecule has 0 saturated carbocycles. The molecule has 0 aliphatic carbocycles. The first-order chi connectivity index (χ1) is 14.0. The molecule has 3 aromatic rings. The van der Waals surface area contributed by atoms with Gasteiger partial charge in [0, 0.05) is 49.1 Å². The van der Waals surface area contributed by atoms with Crippen LogP contribution >= 0.6 is 0 Å². The molecule has 0 radical (unpaired) electrons. The van der Waals surface area contributed by atoms with Crippen LogP contribution in [0, 0.1) is 6.92 Å². The van der Waals surface area contributed by atoms with E-state index in [1.54, 1.807) is 18.6 Å². The van der Waals surface area contributed by atoms with Gasteiger partial charge in [-0.15, -0.1) is 0 Å². The van der Waals surface area contributed by atoms with Crippen molar-refractivity contribution >= 4 is 28.2 Å². The molecule has 29 heavy (non-hydrogen) atoms. The van der Waals surface area contributed by atoms with Crippen LogP contribution in [0.2, 0.25) is 0 Å². The summed E-state index contributed by atoms with van der Waals surface area (Å²) in [5.41, 5.74) is 3.67. The Labute approximate surface area is 169 Å². The van der Waals surface area contributed by atoms with Gasteiger partial charge in [-0.1, -0.05) is 0 Å². The number of piperazine rings is 1. The van der Waals surface area contributed by atoms with Gasteiger partial charge >= 0.3 is 6.01 Å². The number of anilines is 2. The summed E-state index contributed by atoms with van der Waals surface area (Å²) >= 11 is 0. The molecule has 0 bridgehead atoms. The lowest BCUT2D eigenvalue weighted by molar-refractivity contribution is 0.102. The minimum atomic E-state index is -0.247. The van der Waals surface area contributed by atoms with Gasteiger partial charge in [0.15, 0.2) is 0 Å². The second-order valence-electron chi connectivity index (χ2n) is 7.26. The summed E-state index contributed by atoms with van der Waals surface area (Å²) < 4.78 is 5.21. The minimum Gasteiger partial charge on any atom is -0.467 e. The number of methoxy groups -OCH3 is 1. The SMILES string of the molecule is COc1ncc2c(N3CCNC(C)C3)ccc(C(=O)Nc3cncc(C)c3)c2n1. The van der Waals surface area contributed by atoms with Gasteiger partial charge < -0.3 is 20.3 Å². The monoisotopic (exact) mass is 392 g/mol. The Hall–Kier alpha value is -3.26. The maximum Gasteiger partial charge on any atom is 0.316 e. The average Bonchev–Trinajstić information content (AvgIpc) is 2.72. The number of nitrogens with zero attached hydrogens (tertiary/aromatic N) is 4. The zero-order chi connectivity index (χ0) is 20.4. The molecule has 8 heteroatoms. The topological polar surface area (TPSA) is 92.3 Å². The van der Waals surface area contributed by atoms with E-state index in [0.717, 1.165) is 36.3 Å². The van der Waals surface area contributed by atoms with Crippen LogP contribution in [0.3, 0.4) is 0 Å². The zero-order valence-electron chi connectivity index (χ0n) is 16.8. The van der Waals surface area contributed by atoms with Gasteiger partial charge in [-0.2, -0.15) is 4.98 Å². The fraction of sp³-hybridized carbons (Fsp3) is 0.333.